The molecule has 0 atom stereocenters. The van der Waals surface area contributed by atoms with Crippen molar-refractivity contribution >= 4 is 20.0 Å². The molecule has 0 aromatic carbocycles. The molecule has 0 saturated heterocycles. The van der Waals surface area contributed by atoms with Crippen LogP contribution in [0.1, 0.15) is 27.7 Å². The fourth-order valence-electron chi connectivity index (χ4n) is 0.805. The molecule has 0 aliphatic heterocycles. The summed E-state index contributed by atoms with van der Waals surface area (Å²) in [5.41, 5.74) is 0. The van der Waals surface area contributed by atoms with E-state index < -0.39 is 20.0 Å². The largest absolute Gasteiger partial charge is 0.215 e. The van der Waals surface area contributed by atoms with Crippen molar-refractivity contribution in [2.45, 2.75) is 39.0 Å². The van der Waals surface area contributed by atoms with Crippen LogP contribution in [0.3, 0.4) is 0 Å². The Morgan fingerprint density at radius 1 is 0.833 bits per heavy atom. The van der Waals surface area contributed by atoms with E-state index in [2.05, 4.69) is 0 Å². The van der Waals surface area contributed by atoms with Gasteiger partial charge in [-0.25, -0.2) is 25.4 Å². The van der Waals surface area contributed by atoms with E-state index in [0.29, 0.717) is 0 Å². The minimum atomic E-state index is -2.98. The molecule has 6 nitrogen and oxygen atoms in total. The molecule has 0 N–H and O–H groups in total. The summed E-state index contributed by atoms with van der Waals surface area (Å²) in [7, 11) is -1.31. The molecule has 0 saturated carbocycles. The smallest absolute Gasteiger partial charge is 0.213 e. The van der Waals surface area contributed by atoms with E-state index in [-0.39, 0.29) is 11.3 Å². The first kappa shape index (κ1) is 20.1. The summed E-state index contributed by atoms with van der Waals surface area (Å²) in [6.07, 6.45) is 1.20. The lowest BCUT2D eigenvalue weighted by Gasteiger charge is -2.17. The van der Waals surface area contributed by atoms with E-state index in [1.807, 2.05) is 13.8 Å². The van der Waals surface area contributed by atoms with Crippen molar-refractivity contribution in [1.29, 1.82) is 0 Å². The maximum Gasteiger partial charge on any atom is 0.215 e. The summed E-state index contributed by atoms with van der Waals surface area (Å²) in [4.78, 5) is 0. The van der Waals surface area contributed by atoms with Gasteiger partial charge in [-0.1, -0.05) is 0 Å². The highest BCUT2D eigenvalue weighted by Gasteiger charge is 2.17. The van der Waals surface area contributed by atoms with Crippen LogP contribution in [0.2, 0.25) is 0 Å². The summed E-state index contributed by atoms with van der Waals surface area (Å²) >= 11 is 0. The Morgan fingerprint density at radius 3 is 1.17 bits per heavy atom. The van der Waals surface area contributed by atoms with Gasteiger partial charge >= 0.3 is 0 Å². The molecule has 0 fully saturated rings. The lowest BCUT2D eigenvalue weighted by atomic mass is 10.4. The second-order valence-electron chi connectivity index (χ2n) is 4.75. The van der Waals surface area contributed by atoms with Crippen LogP contribution < -0.4 is 0 Å². The van der Waals surface area contributed by atoms with Crippen molar-refractivity contribution in [3.8, 4) is 0 Å². The standard InChI is InChI=1S/2C5H13NO2S/c1-5(2)6(3)9(4,7)8;1-5(2)9(7,8)6(3)4/h2*5H,1-4H3. The Bertz CT molecular complexity index is 411. The van der Waals surface area contributed by atoms with E-state index >= 15 is 0 Å². The number of rotatable bonds is 4. The molecule has 0 aliphatic carbocycles. The van der Waals surface area contributed by atoms with Gasteiger partial charge in [-0.2, -0.15) is 0 Å². The first-order chi connectivity index (χ1) is 7.74. The molecule has 0 rings (SSSR count). The maximum absolute atomic E-state index is 11.0. The number of hydrogen-bond acceptors (Lipinski definition) is 4. The second-order valence-corrected chi connectivity index (χ2v) is 9.49. The molecule has 18 heavy (non-hydrogen) atoms. The van der Waals surface area contributed by atoms with Crippen LogP contribution in [-0.4, -0.2) is 64.1 Å². The average molecular weight is 302 g/mol. The van der Waals surface area contributed by atoms with Crippen LogP contribution in [-0.2, 0) is 20.0 Å². The molecule has 0 aromatic rings. The number of nitrogens with zero attached hydrogens (tertiary/aromatic N) is 2. The predicted octanol–water partition coefficient (Wildman–Crippen LogP) is 0.572. The molecule has 0 aliphatic rings. The highest BCUT2D eigenvalue weighted by Crippen LogP contribution is 2.01. The zero-order valence-corrected chi connectivity index (χ0v) is 14.1. The second kappa shape index (κ2) is 7.42. The highest BCUT2D eigenvalue weighted by molar-refractivity contribution is 7.89. The zero-order valence-electron chi connectivity index (χ0n) is 12.5. The molecule has 0 spiro atoms. The van der Waals surface area contributed by atoms with Gasteiger partial charge in [0.05, 0.1) is 11.5 Å². The van der Waals surface area contributed by atoms with Crippen LogP contribution >= 0.6 is 0 Å². The van der Waals surface area contributed by atoms with Crippen molar-refractivity contribution in [3.05, 3.63) is 0 Å². The van der Waals surface area contributed by atoms with Gasteiger partial charge in [0.1, 0.15) is 0 Å². The molecular weight excluding hydrogens is 276 g/mol. The van der Waals surface area contributed by atoms with Gasteiger partial charge in [-0.05, 0) is 27.7 Å². The van der Waals surface area contributed by atoms with Gasteiger partial charge in [0.25, 0.3) is 0 Å². The lowest BCUT2D eigenvalue weighted by Crippen LogP contribution is -2.31. The normalized spacial score (nSPS) is 13.1. The van der Waals surface area contributed by atoms with Crippen LogP contribution in [0.25, 0.3) is 0 Å². The molecule has 8 heteroatoms. The van der Waals surface area contributed by atoms with Crippen molar-refractivity contribution < 1.29 is 16.8 Å². The zero-order chi connectivity index (χ0) is 15.3. The Morgan fingerprint density at radius 2 is 1.17 bits per heavy atom. The Balaban J connectivity index is 0. The van der Waals surface area contributed by atoms with Crippen LogP contribution in [0, 0.1) is 0 Å². The Kier molecular flexibility index (Phi) is 8.30. The molecular formula is C10H26N2O4S2. The summed E-state index contributed by atoms with van der Waals surface area (Å²) in [6.45, 7) is 6.99. The molecule has 0 unspecified atom stereocenters. The monoisotopic (exact) mass is 302 g/mol. The number of sulfonamides is 2. The van der Waals surface area contributed by atoms with Gasteiger partial charge in [-0.3, -0.25) is 0 Å². The first-order valence-electron chi connectivity index (χ1n) is 5.59. The van der Waals surface area contributed by atoms with E-state index in [1.54, 1.807) is 20.9 Å². The number of hydrogen-bond donors (Lipinski definition) is 0. The molecule has 0 bridgehead atoms. The van der Waals surface area contributed by atoms with Crippen molar-refractivity contribution in [3.63, 3.8) is 0 Å². The van der Waals surface area contributed by atoms with E-state index in [4.69, 9.17) is 0 Å². The van der Waals surface area contributed by atoms with Crippen molar-refractivity contribution in [2.75, 3.05) is 27.4 Å². The van der Waals surface area contributed by atoms with Gasteiger partial charge in [0.2, 0.25) is 20.0 Å². The fraction of sp³-hybridized carbons (Fsp3) is 1.00. The molecule has 0 radical (unpaired) electrons. The predicted molar refractivity (Wildman–Crippen MR) is 75.5 cm³/mol. The minimum Gasteiger partial charge on any atom is -0.213 e. The molecule has 0 aromatic heterocycles. The van der Waals surface area contributed by atoms with E-state index in [1.165, 1.54) is 29.0 Å². The fourth-order valence-corrected chi connectivity index (χ4v) is 2.41. The first-order valence-corrected chi connectivity index (χ1v) is 8.94. The summed E-state index contributed by atoms with van der Waals surface area (Å²) in [6, 6.07) is 0.0556. The van der Waals surface area contributed by atoms with Crippen molar-refractivity contribution in [2.24, 2.45) is 0 Å². The van der Waals surface area contributed by atoms with Gasteiger partial charge < -0.3 is 0 Å². The Hall–Kier alpha value is -0.180. The summed E-state index contributed by atoms with van der Waals surface area (Å²) in [5.74, 6) is 0. The molecule has 0 heterocycles. The van der Waals surface area contributed by atoms with Gasteiger partial charge in [0.15, 0.2) is 0 Å². The quantitative estimate of drug-likeness (QED) is 0.761. The topological polar surface area (TPSA) is 74.8 Å². The highest BCUT2D eigenvalue weighted by atomic mass is 32.2. The molecule has 112 valence electrons. The van der Waals surface area contributed by atoms with Gasteiger partial charge in [-0.15, -0.1) is 0 Å². The van der Waals surface area contributed by atoms with Crippen molar-refractivity contribution in [1.82, 2.24) is 8.61 Å². The third kappa shape index (κ3) is 7.30. The van der Waals surface area contributed by atoms with Gasteiger partial charge in [0, 0.05) is 27.2 Å². The molecule has 0 amide bonds. The third-order valence-electron chi connectivity index (χ3n) is 2.36. The minimum absolute atomic E-state index is 0.0556. The lowest BCUT2D eigenvalue weighted by molar-refractivity contribution is 0.414. The van der Waals surface area contributed by atoms with Crippen LogP contribution in [0.15, 0.2) is 0 Å². The third-order valence-corrected chi connectivity index (χ3v) is 6.03. The Labute approximate surface area is 112 Å². The van der Waals surface area contributed by atoms with Crippen LogP contribution in [0.4, 0.5) is 0 Å². The van der Waals surface area contributed by atoms with E-state index in [0.717, 1.165) is 0 Å². The SMILES string of the molecule is CC(C)N(C)S(C)(=O)=O.CC(C)S(=O)(=O)N(C)C. The van der Waals surface area contributed by atoms with E-state index in [9.17, 15) is 16.8 Å². The summed E-state index contributed by atoms with van der Waals surface area (Å²) in [5, 5.41) is -0.313. The maximum atomic E-state index is 11.0. The average Bonchev–Trinajstić information content (AvgIpc) is 2.15. The summed E-state index contributed by atoms with van der Waals surface area (Å²) < 4.78 is 45.9. The van der Waals surface area contributed by atoms with Crippen LogP contribution in [0.5, 0.6) is 0 Å².